The fraction of sp³-hybridized carbons (Fsp3) is 0.185. The first-order valence-electron chi connectivity index (χ1n) is 10.9. The number of methoxy groups -OCH3 is 2. The Labute approximate surface area is 207 Å². The fourth-order valence-electron chi connectivity index (χ4n) is 3.85. The van der Waals surface area contributed by atoms with Crippen LogP contribution in [-0.2, 0) is 4.79 Å². The summed E-state index contributed by atoms with van der Waals surface area (Å²) in [7, 11) is 3.07. The summed E-state index contributed by atoms with van der Waals surface area (Å²) in [6.07, 6.45) is -0.962. The molecule has 0 saturated heterocycles. The van der Waals surface area contributed by atoms with Crippen molar-refractivity contribution in [1.82, 2.24) is 0 Å². The van der Waals surface area contributed by atoms with Crippen LogP contribution in [0.2, 0.25) is 0 Å². The summed E-state index contributed by atoms with van der Waals surface area (Å²) in [5, 5.41) is 9.84. The standard InChI is InChI=1S/C27H23FN2O6/c1-15(34-17-6-4-16(28)5-7-17)27(31)35-19-8-10-20-24(13-19)36-26(30)22(14-29)25(20)21-12-18(32-2)9-11-23(21)33-3/h4-13,15,25H,30H2,1-3H3. The Balaban J connectivity index is 1.63. The van der Waals surface area contributed by atoms with Crippen LogP contribution in [0.5, 0.6) is 28.7 Å². The van der Waals surface area contributed by atoms with Gasteiger partial charge in [-0.25, -0.2) is 9.18 Å². The van der Waals surface area contributed by atoms with Gasteiger partial charge in [-0.3, -0.25) is 0 Å². The van der Waals surface area contributed by atoms with Crippen molar-refractivity contribution >= 4 is 5.97 Å². The SMILES string of the molecule is COc1ccc(OC)c(C2C(C#N)=C(N)Oc3cc(OC(=O)C(C)Oc4ccc(F)cc4)ccc32)c1. The molecule has 0 fully saturated rings. The second-order valence-electron chi connectivity index (χ2n) is 7.87. The van der Waals surface area contributed by atoms with Gasteiger partial charge in [0.25, 0.3) is 0 Å². The number of fused-ring (bicyclic) bond motifs is 1. The Morgan fingerprint density at radius 3 is 2.36 bits per heavy atom. The first kappa shape index (κ1) is 24.4. The molecule has 1 heterocycles. The molecule has 3 aromatic carbocycles. The van der Waals surface area contributed by atoms with Crippen LogP contribution in [-0.4, -0.2) is 26.3 Å². The minimum absolute atomic E-state index is 0.0728. The second kappa shape index (κ2) is 10.3. The van der Waals surface area contributed by atoms with Gasteiger partial charge < -0.3 is 29.4 Å². The van der Waals surface area contributed by atoms with Gasteiger partial charge in [0.1, 0.15) is 46.2 Å². The number of hydrogen-bond acceptors (Lipinski definition) is 8. The molecule has 2 N–H and O–H groups in total. The highest BCUT2D eigenvalue weighted by molar-refractivity contribution is 5.77. The first-order chi connectivity index (χ1) is 17.3. The molecule has 184 valence electrons. The summed E-state index contributed by atoms with van der Waals surface area (Å²) in [6, 6.07) is 17.5. The Bertz CT molecular complexity index is 1360. The van der Waals surface area contributed by atoms with Crippen LogP contribution in [0.4, 0.5) is 4.39 Å². The van der Waals surface area contributed by atoms with E-state index in [9.17, 15) is 14.4 Å². The van der Waals surface area contributed by atoms with E-state index < -0.39 is 23.8 Å². The predicted octanol–water partition coefficient (Wildman–Crippen LogP) is 4.43. The predicted molar refractivity (Wildman–Crippen MR) is 127 cm³/mol. The quantitative estimate of drug-likeness (QED) is 0.382. The molecule has 2 unspecified atom stereocenters. The maximum absolute atomic E-state index is 13.1. The topological polar surface area (TPSA) is 113 Å². The second-order valence-corrected chi connectivity index (χ2v) is 7.87. The summed E-state index contributed by atoms with van der Waals surface area (Å²) < 4.78 is 40.7. The average molecular weight is 490 g/mol. The van der Waals surface area contributed by atoms with E-state index in [1.165, 1.54) is 44.4 Å². The molecule has 0 saturated carbocycles. The van der Waals surface area contributed by atoms with Gasteiger partial charge in [-0.2, -0.15) is 5.26 Å². The van der Waals surface area contributed by atoms with Crippen LogP contribution in [0.3, 0.4) is 0 Å². The van der Waals surface area contributed by atoms with Gasteiger partial charge in [-0.15, -0.1) is 0 Å². The van der Waals surface area contributed by atoms with E-state index in [0.717, 1.165) is 0 Å². The van der Waals surface area contributed by atoms with Gasteiger partial charge in [-0.05, 0) is 55.5 Å². The molecule has 4 rings (SSSR count). The molecule has 0 radical (unpaired) electrons. The molecule has 1 aliphatic heterocycles. The fourth-order valence-corrected chi connectivity index (χ4v) is 3.85. The van der Waals surface area contributed by atoms with Crippen molar-refractivity contribution < 1.29 is 32.9 Å². The zero-order chi connectivity index (χ0) is 25.8. The number of nitriles is 1. The third-order valence-electron chi connectivity index (χ3n) is 5.62. The van der Waals surface area contributed by atoms with E-state index in [1.807, 2.05) is 0 Å². The maximum atomic E-state index is 13.1. The van der Waals surface area contributed by atoms with Crippen LogP contribution in [0, 0.1) is 17.1 Å². The van der Waals surface area contributed by atoms with Gasteiger partial charge in [0.05, 0.1) is 20.1 Å². The highest BCUT2D eigenvalue weighted by atomic mass is 19.1. The molecule has 36 heavy (non-hydrogen) atoms. The molecular formula is C27H23FN2O6. The van der Waals surface area contributed by atoms with Crippen molar-refractivity contribution in [2.24, 2.45) is 5.73 Å². The van der Waals surface area contributed by atoms with Crippen LogP contribution < -0.4 is 29.4 Å². The van der Waals surface area contributed by atoms with Crippen LogP contribution in [0.15, 0.2) is 72.1 Å². The number of benzene rings is 3. The van der Waals surface area contributed by atoms with Crippen molar-refractivity contribution in [2.75, 3.05) is 14.2 Å². The molecule has 9 heteroatoms. The number of nitrogens with two attached hydrogens (primary N) is 1. The van der Waals surface area contributed by atoms with Crippen LogP contribution >= 0.6 is 0 Å². The van der Waals surface area contributed by atoms with Gasteiger partial charge in [0.2, 0.25) is 5.88 Å². The third kappa shape index (κ3) is 4.88. The lowest BCUT2D eigenvalue weighted by atomic mass is 9.83. The van der Waals surface area contributed by atoms with Gasteiger partial charge >= 0.3 is 5.97 Å². The van der Waals surface area contributed by atoms with E-state index in [4.69, 9.17) is 29.4 Å². The zero-order valence-corrected chi connectivity index (χ0v) is 19.8. The van der Waals surface area contributed by atoms with Gasteiger partial charge in [0.15, 0.2) is 6.10 Å². The highest BCUT2D eigenvalue weighted by Gasteiger charge is 2.33. The Morgan fingerprint density at radius 1 is 1.00 bits per heavy atom. The number of halogens is 1. The summed E-state index contributed by atoms with van der Waals surface area (Å²) in [6.45, 7) is 1.52. The Kier molecular flexibility index (Phi) is 6.97. The van der Waals surface area contributed by atoms with Crippen molar-refractivity contribution in [3.05, 3.63) is 89.1 Å². The van der Waals surface area contributed by atoms with E-state index >= 15 is 0 Å². The number of nitrogens with zero attached hydrogens (tertiary/aromatic N) is 1. The molecule has 3 aromatic rings. The third-order valence-corrected chi connectivity index (χ3v) is 5.62. The number of ether oxygens (including phenoxy) is 5. The van der Waals surface area contributed by atoms with Crippen molar-refractivity contribution in [3.8, 4) is 34.8 Å². The monoisotopic (exact) mass is 490 g/mol. The van der Waals surface area contributed by atoms with Crippen molar-refractivity contribution in [2.45, 2.75) is 18.9 Å². The average Bonchev–Trinajstić information content (AvgIpc) is 2.88. The molecule has 2 atom stereocenters. The van der Waals surface area contributed by atoms with Crippen LogP contribution in [0.1, 0.15) is 24.0 Å². The lowest BCUT2D eigenvalue weighted by Gasteiger charge is -2.28. The first-order valence-corrected chi connectivity index (χ1v) is 10.9. The van der Waals surface area contributed by atoms with Crippen molar-refractivity contribution in [1.29, 1.82) is 5.26 Å². The molecule has 0 aliphatic carbocycles. The largest absolute Gasteiger partial charge is 0.497 e. The minimum Gasteiger partial charge on any atom is -0.497 e. The Morgan fingerprint density at radius 2 is 1.69 bits per heavy atom. The zero-order valence-electron chi connectivity index (χ0n) is 19.8. The van der Waals surface area contributed by atoms with E-state index in [1.54, 1.807) is 37.4 Å². The molecule has 8 nitrogen and oxygen atoms in total. The Hall–Kier alpha value is -4.71. The van der Waals surface area contributed by atoms with Crippen LogP contribution in [0.25, 0.3) is 0 Å². The normalized spacial score (nSPS) is 15.1. The summed E-state index contributed by atoms with van der Waals surface area (Å²) in [5.74, 6) is 0.201. The number of carbonyl (C=O) groups is 1. The lowest BCUT2D eigenvalue weighted by molar-refractivity contribution is -0.141. The van der Waals surface area contributed by atoms with Gasteiger partial charge in [0, 0.05) is 17.2 Å². The van der Waals surface area contributed by atoms with E-state index in [-0.39, 0.29) is 17.2 Å². The van der Waals surface area contributed by atoms with Crippen molar-refractivity contribution in [3.63, 3.8) is 0 Å². The van der Waals surface area contributed by atoms with Gasteiger partial charge in [-0.1, -0.05) is 6.07 Å². The maximum Gasteiger partial charge on any atom is 0.352 e. The minimum atomic E-state index is -0.962. The van der Waals surface area contributed by atoms with E-state index in [0.29, 0.717) is 34.1 Å². The highest BCUT2D eigenvalue weighted by Crippen LogP contribution is 2.46. The molecule has 0 amide bonds. The summed E-state index contributed by atoms with van der Waals surface area (Å²) >= 11 is 0. The molecular weight excluding hydrogens is 467 g/mol. The summed E-state index contributed by atoms with van der Waals surface area (Å²) in [5.41, 5.74) is 7.59. The number of hydrogen-bond donors (Lipinski definition) is 1. The lowest BCUT2D eigenvalue weighted by Crippen LogP contribution is -2.28. The molecule has 0 spiro atoms. The number of allylic oxidation sites excluding steroid dienone is 1. The smallest absolute Gasteiger partial charge is 0.352 e. The summed E-state index contributed by atoms with van der Waals surface area (Å²) in [4.78, 5) is 12.6. The molecule has 0 aromatic heterocycles. The molecule has 0 bridgehead atoms. The van der Waals surface area contributed by atoms with E-state index in [2.05, 4.69) is 6.07 Å². The molecule has 1 aliphatic rings. The number of esters is 1. The number of rotatable bonds is 7. The number of carbonyl (C=O) groups excluding carboxylic acids is 1.